The summed E-state index contributed by atoms with van der Waals surface area (Å²) in [6.07, 6.45) is 2.00. The van der Waals surface area contributed by atoms with Gasteiger partial charge in [-0.05, 0) is 18.9 Å². The maximum absolute atomic E-state index is 11.3. The predicted molar refractivity (Wildman–Crippen MR) is 49.3 cm³/mol. The Morgan fingerprint density at radius 2 is 2.23 bits per heavy atom. The monoisotopic (exact) mass is 219 g/mol. The van der Waals surface area contributed by atoms with E-state index < -0.39 is 5.97 Å². The van der Waals surface area contributed by atoms with Crippen LogP contribution in [0.15, 0.2) is 6.07 Å². The van der Waals surface area contributed by atoms with Crippen molar-refractivity contribution in [3.8, 4) is 0 Å². The molecule has 1 aliphatic carbocycles. The average Bonchev–Trinajstić information content (AvgIpc) is 2.81. The Morgan fingerprint density at radius 3 is 2.69 bits per heavy atom. The molecule has 0 bridgehead atoms. The number of nitrogens with one attached hydrogen (secondary N) is 1. The van der Waals surface area contributed by atoms with Crippen molar-refractivity contribution in [3.63, 3.8) is 0 Å². The van der Waals surface area contributed by atoms with Crippen molar-refractivity contribution in [3.05, 3.63) is 21.9 Å². The van der Waals surface area contributed by atoms with Gasteiger partial charge in [0.1, 0.15) is 17.0 Å². The summed E-state index contributed by atoms with van der Waals surface area (Å²) < 4.78 is 5.03. The van der Waals surface area contributed by atoms with Crippen LogP contribution >= 0.6 is 23.2 Å². The molecule has 0 aliphatic heterocycles. The predicted octanol–water partition coefficient (Wildman–Crippen LogP) is 2.64. The van der Waals surface area contributed by atoms with E-state index in [1.165, 1.54) is 6.07 Å². The van der Waals surface area contributed by atoms with Gasteiger partial charge >= 0.3 is 5.97 Å². The van der Waals surface area contributed by atoms with E-state index in [1.54, 1.807) is 0 Å². The molecule has 1 heterocycles. The largest absolute Gasteiger partial charge is 0.458 e. The van der Waals surface area contributed by atoms with Crippen LogP contribution in [-0.2, 0) is 4.74 Å². The summed E-state index contributed by atoms with van der Waals surface area (Å²) in [6, 6.07) is 1.47. The fraction of sp³-hybridized carbons (Fsp3) is 0.375. The van der Waals surface area contributed by atoms with Gasteiger partial charge in [-0.3, -0.25) is 0 Å². The van der Waals surface area contributed by atoms with Gasteiger partial charge in [0.05, 0.1) is 5.02 Å². The minimum absolute atomic E-state index is 0.0911. The SMILES string of the molecule is O=C(OC1CC1)c1cc(Cl)c(Cl)[nH]1. The summed E-state index contributed by atoms with van der Waals surface area (Å²) in [5, 5.41) is 0.605. The van der Waals surface area contributed by atoms with Gasteiger partial charge in [0.15, 0.2) is 0 Å². The quantitative estimate of drug-likeness (QED) is 0.778. The van der Waals surface area contributed by atoms with Crippen LogP contribution in [0.1, 0.15) is 23.3 Å². The van der Waals surface area contributed by atoms with Gasteiger partial charge in [-0.25, -0.2) is 4.79 Å². The standard InChI is InChI=1S/C8H7Cl2NO2/c9-5-3-6(11-7(5)10)8(12)13-4-1-2-4/h3-4,11H,1-2H2. The lowest BCUT2D eigenvalue weighted by Crippen LogP contribution is -2.06. The Hall–Kier alpha value is -0.670. The van der Waals surface area contributed by atoms with Crippen molar-refractivity contribution in [2.24, 2.45) is 0 Å². The van der Waals surface area contributed by atoms with Crippen molar-refractivity contribution in [1.29, 1.82) is 0 Å². The van der Waals surface area contributed by atoms with E-state index in [-0.39, 0.29) is 11.3 Å². The molecule has 1 saturated carbocycles. The van der Waals surface area contributed by atoms with E-state index in [1.807, 2.05) is 0 Å². The number of hydrogen-bond acceptors (Lipinski definition) is 2. The second-order valence-electron chi connectivity index (χ2n) is 2.95. The van der Waals surface area contributed by atoms with Crippen molar-refractivity contribution in [2.45, 2.75) is 18.9 Å². The molecule has 0 atom stereocenters. The van der Waals surface area contributed by atoms with Crippen LogP contribution in [0.4, 0.5) is 0 Å². The van der Waals surface area contributed by atoms with Crippen LogP contribution in [0.25, 0.3) is 0 Å². The molecule has 1 aromatic heterocycles. The number of H-pyrrole nitrogens is 1. The van der Waals surface area contributed by atoms with E-state index in [9.17, 15) is 4.79 Å². The van der Waals surface area contributed by atoms with Crippen LogP contribution in [-0.4, -0.2) is 17.1 Å². The highest BCUT2D eigenvalue weighted by atomic mass is 35.5. The average molecular weight is 220 g/mol. The molecular weight excluding hydrogens is 213 g/mol. The molecule has 0 saturated heterocycles. The lowest BCUT2D eigenvalue weighted by atomic mass is 10.4. The lowest BCUT2D eigenvalue weighted by Gasteiger charge is -1.98. The van der Waals surface area contributed by atoms with Crippen molar-refractivity contribution in [2.75, 3.05) is 0 Å². The highest BCUT2D eigenvalue weighted by Gasteiger charge is 2.27. The molecule has 3 nitrogen and oxygen atoms in total. The molecule has 1 aliphatic rings. The Morgan fingerprint density at radius 1 is 1.54 bits per heavy atom. The second-order valence-corrected chi connectivity index (χ2v) is 3.73. The van der Waals surface area contributed by atoms with Gasteiger partial charge in [0, 0.05) is 0 Å². The number of ether oxygens (including phenoxy) is 1. The number of carbonyl (C=O) groups excluding carboxylic acids is 1. The van der Waals surface area contributed by atoms with Crippen LogP contribution in [0.5, 0.6) is 0 Å². The van der Waals surface area contributed by atoms with E-state index in [0.717, 1.165) is 12.8 Å². The van der Waals surface area contributed by atoms with Crippen LogP contribution in [0.2, 0.25) is 10.2 Å². The normalized spacial score (nSPS) is 15.8. The zero-order valence-electron chi connectivity index (χ0n) is 6.64. The highest BCUT2D eigenvalue weighted by Crippen LogP contribution is 2.26. The Bertz CT molecular complexity index is 324. The first-order chi connectivity index (χ1) is 6.16. The highest BCUT2D eigenvalue weighted by molar-refractivity contribution is 6.41. The number of hydrogen-bond donors (Lipinski definition) is 1. The third-order valence-corrected chi connectivity index (χ3v) is 2.44. The second kappa shape index (κ2) is 3.24. The third-order valence-electron chi connectivity index (χ3n) is 1.74. The van der Waals surface area contributed by atoms with Gasteiger partial charge < -0.3 is 9.72 Å². The molecule has 1 N–H and O–H groups in total. The molecule has 5 heteroatoms. The van der Waals surface area contributed by atoms with Gasteiger partial charge in [0.2, 0.25) is 0 Å². The first-order valence-electron chi connectivity index (χ1n) is 3.92. The Kier molecular flexibility index (Phi) is 2.22. The van der Waals surface area contributed by atoms with Crippen molar-refractivity contribution < 1.29 is 9.53 Å². The molecule has 0 unspecified atom stereocenters. The molecule has 0 aromatic carbocycles. The summed E-state index contributed by atoms with van der Waals surface area (Å²) in [4.78, 5) is 13.9. The molecule has 0 radical (unpaired) electrons. The summed E-state index contributed by atoms with van der Waals surface area (Å²) in [5.41, 5.74) is 0.307. The van der Waals surface area contributed by atoms with E-state index >= 15 is 0 Å². The molecule has 1 fully saturated rings. The molecule has 13 heavy (non-hydrogen) atoms. The number of esters is 1. The minimum atomic E-state index is -0.392. The number of halogens is 2. The lowest BCUT2D eigenvalue weighted by molar-refractivity contribution is 0.0466. The molecule has 0 amide bonds. The molecular formula is C8H7Cl2NO2. The number of rotatable bonds is 2. The number of carbonyl (C=O) groups is 1. The molecule has 1 aromatic rings. The maximum atomic E-state index is 11.3. The van der Waals surface area contributed by atoms with E-state index in [4.69, 9.17) is 27.9 Å². The first kappa shape index (κ1) is 8.91. The van der Waals surface area contributed by atoms with Gasteiger partial charge in [-0.2, -0.15) is 0 Å². The summed E-state index contributed by atoms with van der Waals surface area (Å²) >= 11 is 11.3. The zero-order chi connectivity index (χ0) is 9.42. The summed E-state index contributed by atoms with van der Waals surface area (Å²) in [5.74, 6) is -0.392. The Balaban J connectivity index is 2.09. The topological polar surface area (TPSA) is 42.1 Å². The number of aromatic nitrogens is 1. The van der Waals surface area contributed by atoms with Crippen LogP contribution in [0.3, 0.4) is 0 Å². The fourth-order valence-electron chi connectivity index (χ4n) is 0.915. The zero-order valence-corrected chi connectivity index (χ0v) is 8.15. The summed E-state index contributed by atoms with van der Waals surface area (Å²) in [7, 11) is 0. The minimum Gasteiger partial charge on any atom is -0.458 e. The Labute approximate surface area is 85.0 Å². The van der Waals surface area contributed by atoms with E-state index in [2.05, 4.69) is 4.98 Å². The van der Waals surface area contributed by atoms with Crippen molar-refractivity contribution in [1.82, 2.24) is 4.98 Å². The smallest absolute Gasteiger partial charge is 0.355 e. The maximum Gasteiger partial charge on any atom is 0.355 e. The number of aromatic amines is 1. The van der Waals surface area contributed by atoms with Crippen molar-refractivity contribution >= 4 is 29.2 Å². The molecule has 0 spiro atoms. The van der Waals surface area contributed by atoms with Gasteiger partial charge in [-0.1, -0.05) is 23.2 Å². The van der Waals surface area contributed by atoms with Gasteiger partial charge in [0.25, 0.3) is 0 Å². The third kappa shape index (κ3) is 1.98. The summed E-state index contributed by atoms with van der Waals surface area (Å²) in [6.45, 7) is 0. The van der Waals surface area contributed by atoms with Crippen LogP contribution < -0.4 is 0 Å². The van der Waals surface area contributed by atoms with Gasteiger partial charge in [-0.15, -0.1) is 0 Å². The molecule has 2 rings (SSSR count). The van der Waals surface area contributed by atoms with E-state index in [0.29, 0.717) is 10.7 Å². The fourth-order valence-corrected chi connectivity index (χ4v) is 1.23. The van der Waals surface area contributed by atoms with Crippen LogP contribution in [0, 0.1) is 0 Å². The first-order valence-corrected chi connectivity index (χ1v) is 4.67. The molecule has 70 valence electrons.